The molecule has 1 aliphatic heterocycles. The van der Waals surface area contributed by atoms with Gasteiger partial charge in [0.05, 0.1) is 11.8 Å². The highest BCUT2D eigenvalue weighted by atomic mass is 16.6. The normalized spacial score (nSPS) is 31.0. The zero-order valence-corrected chi connectivity index (χ0v) is 12.7. The van der Waals surface area contributed by atoms with Crippen LogP contribution in [0.3, 0.4) is 0 Å². The molecule has 2 saturated carbocycles. The second-order valence-corrected chi connectivity index (χ2v) is 6.57. The molecule has 1 aromatic rings. The topological polar surface area (TPSA) is 84.9 Å². The summed E-state index contributed by atoms with van der Waals surface area (Å²) in [4.78, 5) is 24.2. The van der Waals surface area contributed by atoms with Crippen molar-refractivity contribution in [2.24, 2.45) is 23.7 Å². The number of carbonyl (C=O) groups excluding carboxylic acids is 1. The summed E-state index contributed by atoms with van der Waals surface area (Å²) in [5, 5.41) is 12.3. The van der Waals surface area contributed by atoms with Crippen molar-refractivity contribution < 1.29 is 24.2 Å². The summed E-state index contributed by atoms with van der Waals surface area (Å²) in [5.41, 5.74) is 0.617. The maximum absolute atomic E-state index is 12.6. The highest BCUT2D eigenvalue weighted by molar-refractivity contribution is 5.96. The molecule has 23 heavy (non-hydrogen) atoms. The van der Waals surface area contributed by atoms with Gasteiger partial charge in [-0.2, -0.15) is 0 Å². The first-order valence-electron chi connectivity index (χ1n) is 8.07. The molecule has 0 unspecified atom stereocenters. The Morgan fingerprint density at radius 1 is 1.04 bits per heavy atom. The Bertz CT molecular complexity index is 658. The van der Waals surface area contributed by atoms with Crippen LogP contribution in [0.2, 0.25) is 0 Å². The van der Waals surface area contributed by atoms with E-state index < -0.39 is 17.8 Å². The molecular weight excluding hydrogens is 298 g/mol. The van der Waals surface area contributed by atoms with Crippen molar-refractivity contribution in [3.63, 3.8) is 0 Å². The van der Waals surface area contributed by atoms with Gasteiger partial charge in [0, 0.05) is 11.8 Å². The van der Waals surface area contributed by atoms with Gasteiger partial charge in [0.15, 0.2) is 11.5 Å². The van der Waals surface area contributed by atoms with Crippen molar-refractivity contribution in [1.29, 1.82) is 0 Å². The van der Waals surface area contributed by atoms with Gasteiger partial charge in [-0.3, -0.25) is 9.59 Å². The number of carboxylic acid groups (broad SMARTS) is 1. The van der Waals surface area contributed by atoms with Crippen LogP contribution in [-0.4, -0.2) is 30.2 Å². The number of fused-ring (bicyclic) bond motifs is 3. The Labute approximate surface area is 133 Å². The van der Waals surface area contributed by atoms with Crippen LogP contribution in [0.1, 0.15) is 19.3 Å². The first-order valence-corrected chi connectivity index (χ1v) is 8.07. The Balaban J connectivity index is 1.52. The first-order chi connectivity index (χ1) is 11.1. The van der Waals surface area contributed by atoms with Crippen molar-refractivity contribution in [3.8, 4) is 11.5 Å². The summed E-state index contributed by atoms with van der Waals surface area (Å²) in [7, 11) is 0. The minimum atomic E-state index is -0.848. The first kappa shape index (κ1) is 14.4. The maximum Gasteiger partial charge on any atom is 0.307 e. The van der Waals surface area contributed by atoms with Crippen molar-refractivity contribution in [2.45, 2.75) is 19.3 Å². The summed E-state index contributed by atoms with van der Waals surface area (Å²) in [5.74, 6) is -0.410. The number of carbonyl (C=O) groups is 2. The number of rotatable bonds is 3. The number of aliphatic carboxylic acids is 1. The van der Waals surface area contributed by atoms with Crippen LogP contribution in [0.5, 0.6) is 11.5 Å². The standard InChI is InChI=1S/C17H19NO5/c19-16(14-9-1-2-10(7-9)15(14)17(20)21)18-11-3-4-12-13(8-11)23-6-5-22-12/h3-4,8-10,14-15H,1-2,5-7H2,(H,18,19)(H,20,21)/t9-,10+,14-,15+/m0/s1. The summed E-state index contributed by atoms with van der Waals surface area (Å²) >= 11 is 0. The highest BCUT2D eigenvalue weighted by Gasteiger charge is 2.53. The minimum absolute atomic E-state index is 0.147. The Morgan fingerprint density at radius 3 is 2.48 bits per heavy atom. The molecule has 2 aliphatic carbocycles. The van der Waals surface area contributed by atoms with Gasteiger partial charge in [-0.1, -0.05) is 0 Å². The van der Waals surface area contributed by atoms with E-state index in [-0.39, 0.29) is 17.7 Å². The molecule has 0 saturated heterocycles. The number of amides is 1. The summed E-state index contributed by atoms with van der Waals surface area (Å²) in [6.45, 7) is 1.00. The quantitative estimate of drug-likeness (QED) is 0.892. The van der Waals surface area contributed by atoms with Crippen LogP contribution in [0.15, 0.2) is 18.2 Å². The average Bonchev–Trinajstić information content (AvgIpc) is 3.15. The molecule has 6 heteroatoms. The van der Waals surface area contributed by atoms with E-state index in [0.717, 1.165) is 19.3 Å². The second-order valence-electron chi connectivity index (χ2n) is 6.57. The minimum Gasteiger partial charge on any atom is -0.486 e. The Morgan fingerprint density at radius 2 is 1.74 bits per heavy atom. The summed E-state index contributed by atoms with van der Waals surface area (Å²) in [6, 6.07) is 5.25. The molecule has 1 aromatic carbocycles. The smallest absolute Gasteiger partial charge is 0.307 e. The summed E-state index contributed by atoms with van der Waals surface area (Å²) in [6.07, 6.45) is 2.74. The SMILES string of the molecule is O=C(O)[C@@H]1[C@@H]2CC[C@@H](C2)[C@@H]1C(=O)Nc1ccc2c(c1)OCCO2. The molecule has 122 valence electrons. The molecule has 0 aromatic heterocycles. The molecule has 4 atom stereocenters. The molecule has 2 bridgehead atoms. The predicted molar refractivity (Wildman–Crippen MR) is 81.5 cm³/mol. The number of anilines is 1. The van der Waals surface area contributed by atoms with Crippen LogP contribution in [0, 0.1) is 23.7 Å². The summed E-state index contributed by atoms with van der Waals surface area (Å²) < 4.78 is 11.0. The van der Waals surface area contributed by atoms with E-state index >= 15 is 0 Å². The number of benzene rings is 1. The predicted octanol–water partition coefficient (Wildman–Crippen LogP) is 2.14. The number of hydrogen-bond acceptors (Lipinski definition) is 4. The fraction of sp³-hybridized carbons (Fsp3) is 0.529. The van der Waals surface area contributed by atoms with Crippen LogP contribution in [0.4, 0.5) is 5.69 Å². The zero-order valence-electron chi connectivity index (χ0n) is 12.7. The van der Waals surface area contributed by atoms with Gasteiger partial charge in [0.25, 0.3) is 0 Å². The molecule has 0 radical (unpaired) electrons. The Hall–Kier alpha value is -2.24. The Kier molecular flexibility index (Phi) is 3.39. The number of nitrogens with one attached hydrogen (secondary N) is 1. The fourth-order valence-electron chi connectivity index (χ4n) is 4.37. The van der Waals surface area contributed by atoms with E-state index in [1.807, 2.05) is 0 Å². The van der Waals surface area contributed by atoms with Gasteiger partial charge in [0.1, 0.15) is 13.2 Å². The van der Waals surface area contributed by atoms with E-state index in [1.165, 1.54) is 0 Å². The van der Waals surface area contributed by atoms with Crippen molar-refractivity contribution >= 4 is 17.6 Å². The van der Waals surface area contributed by atoms with Crippen molar-refractivity contribution in [3.05, 3.63) is 18.2 Å². The van der Waals surface area contributed by atoms with Gasteiger partial charge in [-0.25, -0.2) is 0 Å². The van der Waals surface area contributed by atoms with E-state index in [4.69, 9.17) is 9.47 Å². The molecule has 2 fully saturated rings. The van der Waals surface area contributed by atoms with Crippen LogP contribution >= 0.6 is 0 Å². The van der Waals surface area contributed by atoms with Gasteiger partial charge < -0.3 is 19.9 Å². The van der Waals surface area contributed by atoms with Gasteiger partial charge >= 0.3 is 5.97 Å². The van der Waals surface area contributed by atoms with E-state index in [2.05, 4.69) is 5.32 Å². The number of carboxylic acids is 1. The van der Waals surface area contributed by atoms with Crippen molar-refractivity contribution in [2.75, 3.05) is 18.5 Å². The molecule has 2 N–H and O–H groups in total. The average molecular weight is 317 g/mol. The molecular formula is C17H19NO5. The third-order valence-corrected chi connectivity index (χ3v) is 5.31. The van der Waals surface area contributed by atoms with Crippen molar-refractivity contribution in [1.82, 2.24) is 0 Å². The third kappa shape index (κ3) is 2.42. The largest absolute Gasteiger partial charge is 0.486 e. The second kappa shape index (κ2) is 5.44. The lowest BCUT2D eigenvalue weighted by atomic mass is 9.78. The van der Waals surface area contributed by atoms with Crippen LogP contribution in [-0.2, 0) is 9.59 Å². The van der Waals surface area contributed by atoms with Gasteiger partial charge in [-0.05, 0) is 43.2 Å². The van der Waals surface area contributed by atoms with E-state index in [1.54, 1.807) is 18.2 Å². The van der Waals surface area contributed by atoms with E-state index in [9.17, 15) is 14.7 Å². The molecule has 1 amide bonds. The molecule has 6 nitrogen and oxygen atoms in total. The number of ether oxygens (including phenoxy) is 2. The molecule has 3 aliphatic rings. The monoisotopic (exact) mass is 317 g/mol. The molecule has 1 heterocycles. The molecule has 0 spiro atoms. The zero-order chi connectivity index (χ0) is 16.0. The van der Waals surface area contributed by atoms with Crippen LogP contribution in [0.25, 0.3) is 0 Å². The lowest BCUT2D eigenvalue weighted by Gasteiger charge is -2.27. The third-order valence-electron chi connectivity index (χ3n) is 5.31. The fourth-order valence-corrected chi connectivity index (χ4v) is 4.37. The van der Waals surface area contributed by atoms with E-state index in [0.29, 0.717) is 30.4 Å². The maximum atomic E-state index is 12.6. The lowest BCUT2D eigenvalue weighted by Crippen LogP contribution is -2.37. The van der Waals surface area contributed by atoms with Crippen LogP contribution < -0.4 is 14.8 Å². The highest BCUT2D eigenvalue weighted by Crippen LogP contribution is 2.52. The number of hydrogen-bond donors (Lipinski definition) is 2. The van der Waals surface area contributed by atoms with Gasteiger partial charge in [-0.15, -0.1) is 0 Å². The molecule has 4 rings (SSSR count). The lowest BCUT2D eigenvalue weighted by molar-refractivity contribution is -0.148. The van der Waals surface area contributed by atoms with Gasteiger partial charge in [0.2, 0.25) is 5.91 Å².